The highest BCUT2D eigenvalue weighted by molar-refractivity contribution is 7.23. The molecule has 17 heteroatoms. The van der Waals surface area contributed by atoms with Crippen LogP contribution in [0.3, 0.4) is 0 Å². The normalized spacial score (nSPS) is 17.2. The van der Waals surface area contributed by atoms with Crippen LogP contribution >= 0.6 is 11.3 Å². The van der Waals surface area contributed by atoms with Crippen LogP contribution in [0.4, 0.5) is 43.0 Å². The molecule has 4 N–H and O–H groups in total. The van der Waals surface area contributed by atoms with Gasteiger partial charge in [0.05, 0.1) is 28.4 Å². The van der Waals surface area contributed by atoms with Gasteiger partial charge >= 0.3 is 12.2 Å². The Morgan fingerprint density at radius 2 is 1.94 bits per heavy atom. The Labute approximate surface area is 284 Å². The lowest BCUT2D eigenvalue weighted by atomic mass is 9.91. The van der Waals surface area contributed by atoms with E-state index in [1.54, 1.807) is 6.92 Å². The molecule has 0 aliphatic carbocycles. The molecule has 2 aromatic carbocycles. The number of benzene rings is 2. The molecular formula is C33H28F6N8O2S. The summed E-state index contributed by atoms with van der Waals surface area (Å²) in [4.78, 5) is 16.2. The number of fused-ring (bicyclic) bond motifs is 1. The number of nitrogens with zero attached hydrogens (tertiary/aromatic N) is 6. The third kappa shape index (κ3) is 5.52. The summed E-state index contributed by atoms with van der Waals surface area (Å²) in [5.41, 5.74) is 8.36. The Bertz CT molecular complexity index is 2220. The van der Waals surface area contributed by atoms with Crippen LogP contribution in [0.15, 0.2) is 24.4 Å². The zero-order valence-electron chi connectivity index (χ0n) is 26.5. The molecule has 7 rings (SSSR count). The number of ether oxygens (including phenoxy) is 2. The molecule has 3 aromatic heterocycles. The van der Waals surface area contributed by atoms with E-state index in [2.05, 4.69) is 19.9 Å². The van der Waals surface area contributed by atoms with Crippen molar-refractivity contribution >= 4 is 49.0 Å². The summed E-state index contributed by atoms with van der Waals surface area (Å²) < 4.78 is 104. The molecule has 260 valence electrons. The number of nitrogen functional groups attached to an aromatic ring is 2. The number of alkyl halides is 3. The number of nitrogens with two attached hydrogens (primary N) is 2. The Morgan fingerprint density at radius 3 is 2.64 bits per heavy atom. The Kier molecular flexibility index (Phi) is 8.26. The third-order valence-electron chi connectivity index (χ3n) is 9.13. The summed E-state index contributed by atoms with van der Waals surface area (Å²) in [7, 11) is 1.93. The smallest absolute Gasteiger partial charge is 0.420 e. The molecular weight excluding hydrogens is 686 g/mol. The lowest BCUT2D eigenvalue weighted by molar-refractivity contribution is -0.138. The Hall–Kier alpha value is -5.08. The maximum Gasteiger partial charge on any atom is 0.420 e. The first-order chi connectivity index (χ1) is 23.8. The average Bonchev–Trinajstić information content (AvgIpc) is 3.60. The summed E-state index contributed by atoms with van der Waals surface area (Å²) >= 11 is 0.660. The number of halogens is 6. The van der Waals surface area contributed by atoms with Gasteiger partial charge in [0.25, 0.3) is 0 Å². The number of thiophene rings is 1. The summed E-state index contributed by atoms with van der Waals surface area (Å²) in [6.07, 6.45) is -3.11. The van der Waals surface area contributed by atoms with E-state index >= 15 is 17.6 Å². The minimum Gasteiger partial charge on any atom is -0.490 e. The summed E-state index contributed by atoms with van der Waals surface area (Å²) in [5, 5.41) is 9.03. The molecule has 0 amide bonds. The zero-order valence-corrected chi connectivity index (χ0v) is 27.4. The number of aromatic nitrogens is 3. The van der Waals surface area contributed by atoms with Gasteiger partial charge < -0.3 is 25.8 Å². The van der Waals surface area contributed by atoms with E-state index in [0.717, 1.165) is 43.8 Å². The van der Waals surface area contributed by atoms with Crippen molar-refractivity contribution < 1.29 is 35.8 Å². The van der Waals surface area contributed by atoms with Crippen LogP contribution in [0.2, 0.25) is 0 Å². The number of rotatable bonds is 6. The van der Waals surface area contributed by atoms with Gasteiger partial charge in [0, 0.05) is 29.1 Å². The predicted molar refractivity (Wildman–Crippen MR) is 175 cm³/mol. The van der Waals surface area contributed by atoms with Crippen molar-refractivity contribution in [1.82, 2.24) is 19.9 Å². The van der Waals surface area contributed by atoms with Crippen LogP contribution in [0, 0.1) is 28.8 Å². The monoisotopic (exact) mass is 714 g/mol. The number of likely N-dealkylation sites (tertiary alicyclic amines) is 1. The van der Waals surface area contributed by atoms with Crippen molar-refractivity contribution in [2.45, 2.75) is 44.6 Å². The van der Waals surface area contributed by atoms with Gasteiger partial charge in [-0.2, -0.15) is 28.4 Å². The number of anilines is 3. The van der Waals surface area contributed by atoms with Gasteiger partial charge in [-0.3, -0.25) is 4.90 Å². The minimum atomic E-state index is -5.24. The van der Waals surface area contributed by atoms with Crippen molar-refractivity contribution in [2.75, 3.05) is 43.1 Å². The molecule has 5 heterocycles. The number of nitriles is 1. The number of hydrogen-bond donors (Lipinski definition) is 2. The zero-order chi connectivity index (χ0) is 35.6. The molecule has 10 nitrogen and oxygen atoms in total. The summed E-state index contributed by atoms with van der Waals surface area (Å²) in [6.45, 7) is 1.98. The summed E-state index contributed by atoms with van der Waals surface area (Å²) in [5.74, 6) is -3.96. The predicted octanol–water partition coefficient (Wildman–Crippen LogP) is 6.64. The van der Waals surface area contributed by atoms with E-state index < -0.39 is 63.1 Å². The molecule has 0 saturated carbocycles. The molecule has 0 spiro atoms. The molecule has 0 radical (unpaired) electrons. The highest BCUT2D eigenvalue weighted by atomic mass is 32.1. The van der Waals surface area contributed by atoms with E-state index in [9.17, 15) is 14.0 Å². The van der Waals surface area contributed by atoms with Gasteiger partial charge in [0.15, 0.2) is 5.82 Å². The molecule has 2 aliphatic heterocycles. The maximum absolute atomic E-state index is 17.2. The Balaban J connectivity index is 1.54. The van der Waals surface area contributed by atoms with Gasteiger partial charge in [0.1, 0.15) is 63.9 Å². The van der Waals surface area contributed by atoms with Crippen LogP contribution in [-0.4, -0.2) is 58.7 Å². The van der Waals surface area contributed by atoms with Crippen molar-refractivity contribution in [2.24, 2.45) is 0 Å². The Morgan fingerprint density at radius 1 is 1.16 bits per heavy atom. The molecule has 2 unspecified atom stereocenters. The maximum atomic E-state index is 17.2. The molecule has 50 heavy (non-hydrogen) atoms. The highest BCUT2D eigenvalue weighted by Gasteiger charge is 2.44. The first-order valence-corrected chi connectivity index (χ1v) is 16.3. The third-order valence-corrected chi connectivity index (χ3v) is 10.2. The van der Waals surface area contributed by atoms with Crippen molar-refractivity contribution in [1.29, 1.82) is 5.26 Å². The van der Waals surface area contributed by atoms with Crippen molar-refractivity contribution in [3.63, 3.8) is 0 Å². The average molecular weight is 715 g/mol. The number of likely N-dealkylation sites (N-methyl/N-ethyl adjacent to an activating group) is 1. The van der Waals surface area contributed by atoms with E-state index in [4.69, 9.17) is 20.9 Å². The molecule has 0 bridgehead atoms. The number of hydrogen-bond acceptors (Lipinski definition) is 11. The molecule has 1 saturated heterocycles. The van der Waals surface area contributed by atoms with Gasteiger partial charge in [-0.15, -0.1) is 11.3 Å². The second-order valence-electron chi connectivity index (χ2n) is 12.2. The van der Waals surface area contributed by atoms with E-state index in [0.29, 0.717) is 11.3 Å². The second kappa shape index (κ2) is 12.4. The van der Waals surface area contributed by atoms with Crippen molar-refractivity contribution in [3.8, 4) is 29.0 Å². The molecule has 1 fully saturated rings. The minimum absolute atomic E-state index is 0.0300. The largest absolute Gasteiger partial charge is 0.490 e. The van der Waals surface area contributed by atoms with Crippen LogP contribution in [-0.2, 0) is 12.7 Å². The van der Waals surface area contributed by atoms with Gasteiger partial charge in [0.2, 0.25) is 0 Å². The molecule has 2 atom stereocenters. The van der Waals surface area contributed by atoms with Gasteiger partial charge in [-0.25, -0.2) is 18.2 Å². The fourth-order valence-corrected chi connectivity index (χ4v) is 7.79. The first kappa shape index (κ1) is 33.4. The fraction of sp³-hybridized carbons (Fsp3) is 0.333. The second-order valence-corrected chi connectivity index (χ2v) is 13.2. The SMILES string of the molecule is CC(Oc1nc2c3c(c(C(F)(F)F)c(-c4ccc(F)c5sc(N)c(C#N)c45)c(F)c3n1)OCCN2Cc1cc(F)cnc1N)C1CCCN1C. The quantitative estimate of drug-likeness (QED) is 0.184. The van der Waals surface area contributed by atoms with E-state index in [-0.39, 0.29) is 69.6 Å². The van der Waals surface area contributed by atoms with Crippen LogP contribution < -0.4 is 25.8 Å². The highest BCUT2D eigenvalue weighted by Crippen LogP contribution is 2.53. The lowest BCUT2D eigenvalue weighted by Crippen LogP contribution is -2.38. The van der Waals surface area contributed by atoms with Crippen molar-refractivity contribution in [3.05, 3.63) is 58.5 Å². The standard InChI is InChI=1S/C33H28F6N8O2S/c1-14(20-4-3-7-46(20)2)49-32-44-26-23-27(48-9-8-47(31(23)45-32)13-15-10-16(34)12-43-29(15)41)24(33(37,38)39)22(25(26)36)17-5-6-19(35)28-21(17)18(11-40)30(42)50-28/h5-6,10,12,14,20H,3-4,7-9,13,42H2,1-2H3,(H2,41,43). The molecule has 2 aliphatic rings. The lowest BCUT2D eigenvalue weighted by Gasteiger charge is -2.27. The van der Waals surface area contributed by atoms with E-state index in [1.165, 1.54) is 4.90 Å². The molecule has 5 aromatic rings. The van der Waals surface area contributed by atoms with Crippen LogP contribution in [0.1, 0.15) is 36.5 Å². The van der Waals surface area contributed by atoms with Crippen LogP contribution in [0.5, 0.6) is 11.8 Å². The summed E-state index contributed by atoms with van der Waals surface area (Å²) in [6, 6.07) is 4.43. The van der Waals surface area contributed by atoms with Gasteiger partial charge in [-0.1, -0.05) is 6.07 Å². The topological polar surface area (TPSA) is 139 Å². The first-order valence-electron chi connectivity index (χ1n) is 15.5. The van der Waals surface area contributed by atoms with E-state index in [1.807, 2.05) is 13.1 Å². The number of pyridine rings is 1. The van der Waals surface area contributed by atoms with Crippen LogP contribution in [0.25, 0.3) is 32.1 Å². The van der Waals surface area contributed by atoms with Gasteiger partial charge in [-0.05, 0) is 51.1 Å². The fourth-order valence-electron chi connectivity index (χ4n) is 6.84.